The topological polar surface area (TPSA) is 29.1 Å². The van der Waals surface area contributed by atoms with E-state index < -0.39 is 0 Å². The van der Waals surface area contributed by atoms with E-state index in [0.29, 0.717) is 15.1 Å². The first-order chi connectivity index (χ1) is 9.63. The third-order valence-corrected chi connectivity index (χ3v) is 4.28. The molecule has 2 aromatic carbocycles. The minimum absolute atomic E-state index is 0.195. The summed E-state index contributed by atoms with van der Waals surface area (Å²) in [6.07, 6.45) is 1.97. The van der Waals surface area contributed by atoms with Gasteiger partial charge in [-0.2, -0.15) is 0 Å². The van der Waals surface area contributed by atoms with E-state index in [9.17, 15) is 4.79 Å². The predicted octanol–water partition coefficient (Wildman–Crippen LogP) is 5.31. The lowest BCUT2D eigenvalue weighted by atomic mass is 10.1. The fraction of sp³-hybridized carbons (Fsp3) is 0.188. The SMILES string of the molecule is CCCc1ccccc1NC(=O)c1cccc(Br)c1Cl. The Bertz CT molecular complexity index is 628. The van der Waals surface area contributed by atoms with Crippen LogP contribution in [0.1, 0.15) is 29.3 Å². The van der Waals surface area contributed by atoms with E-state index in [4.69, 9.17) is 11.6 Å². The molecule has 0 spiro atoms. The second kappa shape index (κ2) is 6.91. The van der Waals surface area contributed by atoms with Crippen LogP contribution in [0.3, 0.4) is 0 Å². The van der Waals surface area contributed by atoms with E-state index in [-0.39, 0.29) is 5.91 Å². The Hall–Kier alpha value is -1.32. The quantitative estimate of drug-likeness (QED) is 0.794. The van der Waals surface area contributed by atoms with E-state index in [1.54, 1.807) is 12.1 Å². The van der Waals surface area contributed by atoms with E-state index >= 15 is 0 Å². The molecule has 0 unspecified atom stereocenters. The minimum Gasteiger partial charge on any atom is -0.322 e. The molecule has 0 saturated carbocycles. The van der Waals surface area contributed by atoms with E-state index in [1.807, 2.05) is 30.3 Å². The Morgan fingerprint density at radius 2 is 1.95 bits per heavy atom. The Morgan fingerprint density at radius 3 is 2.70 bits per heavy atom. The van der Waals surface area contributed by atoms with Gasteiger partial charge in [-0.1, -0.05) is 49.2 Å². The Morgan fingerprint density at radius 1 is 1.20 bits per heavy atom. The zero-order valence-corrected chi connectivity index (χ0v) is 13.5. The summed E-state index contributed by atoms with van der Waals surface area (Å²) in [4.78, 5) is 12.3. The monoisotopic (exact) mass is 351 g/mol. The third kappa shape index (κ3) is 3.41. The number of para-hydroxylation sites is 1. The molecule has 0 radical (unpaired) electrons. The van der Waals surface area contributed by atoms with Crippen LogP contribution in [0.5, 0.6) is 0 Å². The number of hydrogen-bond donors (Lipinski definition) is 1. The van der Waals surface area contributed by atoms with Gasteiger partial charge in [-0.3, -0.25) is 4.79 Å². The summed E-state index contributed by atoms with van der Waals surface area (Å²) in [5, 5.41) is 3.36. The smallest absolute Gasteiger partial charge is 0.257 e. The molecule has 1 N–H and O–H groups in total. The average Bonchev–Trinajstić information content (AvgIpc) is 2.44. The van der Waals surface area contributed by atoms with Crippen LogP contribution in [-0.2, 0) is 6.42 Å². The van der Waals surface area contributed by atoms with Crippen molar-refractivity contribution in [2.24, 2.45) is 0 Å². The Kier molecular flexibility index (Phi) is 5.21. The molecule has 0 aliphatic carbocycles. The summed E-state index contributed by atoms with van der Waals surface area (Å²) in [7, 11) is 0. The lowest BCUT2D eigenvalue weighted by Gasteiger charge is -2.11. The molecule has 0 aliphatic heterocycles. The Balaban J connectivity index is 2.26. The fourth-order valence-corrected chi connectivity index (χ4v) is 2.58. The molecule has 2 nitrogen and oxygen atoms in total. The van der Waals surface area contributed by atoms with Crippen LogP contribution in [0.4, 0.5) is 5.69 Å². The van der Waals surface area contributed by atoms with Gasteiger partial charge in [0.05, 0.1) is 10.6 Å². The Labute approximate surface area is 132 Å². The molecule has 20 heavy (non-hydrogen) atoms. The molecule has 0 bridgehead atoms. The summed E-state index contributed by atoms with van der Waals surface area (Å²) >= 11 is 9.47. The number of hydrogen-bond acceptors (Lipinski definition) is 1. The van der Waals surface area contributed by atoms with Gasteiger partial charge in [-0.05, 0) is 46.1 Å². The maximum Gasteiger partial charge on any atom is 0.257 e. The van der Waals surface area contributed by atoms with Gasteiger partial charge >= 0.3 is 0 Å². The van der Waals surface area contributed by atoms with Gasteiger partial charge < -0.3 is 5.32 Å². The van der Waals surface area contributed by atoms with Crippen molar-refractivity contribution >= 4 is 39.1 Å². The maximum atomic E-state index is 12.3. The molecule has 0 aromatic heterocycles. The highest BCUT2D eigenvalue weighted by atomic mass is 79.9. The highest BCUT2D eigenvalue weighted by molar-refractivity contribution is 9.10. The van der Waals surface area contributed by atoms with Crippen LogP contribution in [-0.4, -0.2) is 5.91 Å². The highest BCUT2D eigenvalue weighted by Gasteiger charge is 2.13. The molecule has 1 amide bonds. The molecule has 0 aliphatic rings. The van der Waals surface area contributed by atoms with Crippen molar-refractivity contribution in [1.82, 2.24) is 0 Å². The van der Waals surface area contributed by atoms with Crippen LogP contribution in [0.2, 0.25) is 5.02 Å². The van der Waals surface area contributed by atoms with Crippen molar-refractivity contribution in [3.63, 3.8) is 0 Å². The summed E-state index contributed by atoms with van der Waals surface area (Å²) in [5.41, 5.74) is 2.44. The second-order valence-corrected chi connectivity index (χ2v) is 5.69. The van der Waals surface area contributed by atoms with Crippen LogP contribution in [0, 0.1) is 0 Å². The number of rotatable bonds is 4. The van der Waals surface area contributed by atoms with Crippen molar-refractivity contribution in [1.29, 1.82) is 0 Å². The first kappa shape index (κ1) is 15.1. The fourth-order valence-electron chi connectivity index (χ4n) is 2.00. The molecule has 0 fully saturated rings. The van der Waals surface area contributed by atoms with Gasteiger partial charge in [0, 0.05) is 10.2 Å². The van der Waals surface area contributed by atoms with Crippen molar-refractivity contribution in [3.8, 4) is 0 Å². The largest absolute Gasteiger partial charge is 0.322 e. The number of anilines is 1. The van der Waals surface area contributed by atoms with Gasteiger partial charge in [0.15, 0.2) is 0 Å². The normalized spacial score (nSPS) is 10.3. The highest BCUT2D eigenvalue weighted by Crippen LogP contribution is 2.27. The van der Waals surface area contributed by atoms with Crippen molar-refractivity contribution < 1.29 is 4.79 Å². The zero-order chi connectivity index (χ0) is 14.5. The zero-order valence-electron chi connectivity index (χ0n) is 11.1. The number of carbonyl (C=O) groups is 1. The third-order valence-electron chi connectivity index (χ3n) is 2.98. The van der Waals surface area contributed by atoms with Gasteiger partial charge in [0.2, 0.25) is 0 Å². The molecule has 0 heterocycles. The van der Waals surface area contributed by atoms with Crippen LogP contribution in [0.15, 0.2) is 46.9 Å². The number of carbonyl (C=O) groups excluding carboxylic acids is 1. The van der Waals surface area contributed by atoms with Crippen molar-refractivity contribution in [2.45, 2.75) is 19.8 Å². The summed E-state index contributed by atoms with van der Waals surface area (Å²) in [5.74, 6) is -0.195. The summed E-state index contributed by atoms with van der Waals surface area (Å²) in [6, 6.07) is 13.2. The van der Waals surface area contributed by atoms with Gasteiger partial charge in [-0.15, -0.1) is 0 Å². The standard InChI is InChI=1S/C16H15BrClNO/c1-2-6-11-7-3-4-10-14(11)19-16(20)12-8-5-9-13(17)15(12)18/h3-5,7-10H,2,6H2,1H3,(H,19,20). The number of benzene rings is 2. The second-order valence-electron chi connectivity index (χ2n) is 4.46. The molecular formula is C16H15BrClNO. The molecule has 104 valence electrons. The molecule has 2 aromatic rings. The molecule has 2 rings (SSSR count). The molecule has 0 atom stereocenters. The predicted molar refractivity (Wildman–Crippen MR) is 87.5 cm³/mol. The van der Waals surface area contributed by atoms with E-state index in [1.165, 1.54) is 0 Å². The molecule has 0 saturated heterocycles. The molecular weight excluding hydrogens is 338 g/mol. The number of amides is 1. The van der Waals surface area contributed by atoms with Gasteiger partial charge in [0.25, 0.3) is 5.91 Å². The minimum atomic E-state index is -0.195. The van der Waals surface area contributed by atoms with E-state index in [0.717, 1.165) is 24.1 Å². The average molecular weight is 353 g/mol. The first-order valence-electron chi connectivity index (χ1n) is 6.46. The summed E-state index contributed by atoms with van der Waals surface area (Å²) < 4.78 is 0.716. The van der Waals surface area contributed by atoms with Crippen molar-refractivity contribution in [3.05, 3.63) is 63.1 Å². The summed E-state index contributed by atoms with van der Waals surface area (Å²) in [6.45, 7) is 2.11. The first-order valence-corrected chi connectivity index (χ1v) is 7.64. The number of aryl methyl sites for hydroxylation is 1. The van der Waals surface area contributed by atoms with Crippen molar-refractivity contribution in [2.75, 3.05) is 5.32 Å². The van der Waals surface area contributed by atoms with Crippen LogP contribution < -0.4 is 5.32 Å². The van der Waals surface area contributed by atoms with Crippen LogP contribution >= 0.6 is 27.5 Å². The van der Waals surface area contributed by atoms with Gasteiger partial charge in [0.1, 0.15) is 0 Å². The lowest BCUT2D eigenvalue weighted by Crippen LogP contribution is -2.14. The van der Waals surface area contributed by atoms with Gasteiger partial charge in [-0.25, -0.2) is 0 Å². The maximum absolute atomic E-state index is 12.3. The van der Waals surface area contributed by atoms with Crippen LogP contribution in [0.25, 0.3) is 0 Å². The number of nitrogens with one attached hydrogen (secondary N) is 1. The number of halogens is 2. The molecule has 4 heteroatoms. The van der Waals surface area contributed by atoms with E-state index in [2.05, 4.69) is 28.2 Å². The lowest BCUT2D eigenvalue weighted by molar-refractivity contribution is 0.102.